The molecular formula is C45H74O9. The first-order valence-corrected chi connectivity index (χ1v) is 20.7. The number of carbonyl (C=O) groups excluding carboxylic acids is 1. The number of rotatable bonds is 33. The average molecular weight is 759 g/mol. The van der Waals surface area contributed by atoms with Crippen molar-refractivity contribution in [3.05, 3.63) is 85.1 Å². The Morgan fingerprint density at radius 1 is 0.611 bits per heavy atom. The van der Waals surface area contributed by atoms with Crippen LogP contribution < -0.4 is 0 Å². The second-order valence-electron chi connectivity index (χ2n) is 13.7. The number of allylic oxidation sites excluding steroid dienone is 14. The second-order valence-corrected chi connectivity index (χ2v) is 13.7. The molecule has 1 aliphatic heterocycles. The molecule has 0 spiro atoms. The monoisotopic (exact) mass is 759 g/mol. The Balaban J connectivity index is 2.24. The highest BCUT2D eigenvalue weighted by molar-refractivity contribution is 5.69. The molecule has 4 N–H and O–H groups in total. The van der Waals surface area contributed by atoms with Gasteiger partial charge in [-0.3, -0.25) is 4.79 Å². The molecule has 0 bridgehead atoms. The van der Waals surface area contributed by atoms with Crippen LogP contribution in [0.3, 0.4) is 0 Å². The van der Waals surface area contributed by atoms with Gasteiger partial charge in [-0.2, -0.15) is 0 Å². The van der Waals surface area contributed by atoms with E-state index in [0.717, 1.165) is 83.5 Å². The van der Waals surface area contributed by atoms with Crippen LogP contribution in [0.25, 0.3) is 0 Å². The number of ether oxygens (including phenoxy) is 4. The van der Waals surface area contributed by atoms with E-state index in [9.17, 15) is 25.2 Å². The average Bonchev–Trinajstić information content (AvgIpc) is 3.17. The van der Waals surface area contributed by atoms with Gasteiger partial charge in [-0.1, -0.05) is 137 Å². The van der Waals surface area contributed by atoms with Gasteiger partial charge in [0.2, 0.25) is 0 Å². The summed E-state index contributed by atoms with van der Waals surface area (Å²) in [6, 6.07) is 0. The lowest BCUT2D eigenvalue weighted by atomic mass is 9.99. The summed E-state index contributed by atoms with van der Waals surface area (Å²) in [6.07, 6.45) is 40.6. The van der Waals surface area contributed by atoms with Gasteiger partial charge in [0.25, 0.3) is 0 Å². The fourth-order valence-corrected chi connectivity index (χ4v) is 5.59. The van der Waals surface area contributed by atoms with Crippen LogP contribution in [0.2, 0.25) is 0 Å². The SMILES string of the molecule is CC/C=C\C/C=C\C/C=C\C/C=C\C/C=C\C/C=C\C/C=C\CCCCCC(=O)OC(COCCCCCCCC)COC1OC(CO)C(O)C(O)C1O. The Morgan fingerprint density at radius 3 is 1.69 bits per heavy atom. The number of aliphatic hydroxyl groups excluding tert-OH is 4. The molecule has 1 rings (SSSR count). The maximum absolute atomic E-state index is 12.7. The fraction of sp³-hybridized carbons (Fsp3) is 0.667. The molecule has 0 radical (unpaired) electrons. The lowest BCUT2D eigenvalue weighted by molar-refractivity contribution is -0.305. The third-order valence-electron chi connectivity index (χ3n) is 8.83. The molecule has 1 saturated heterocycles. The summed E-state index contributed by atoms with van der Waals surface area (Å²) in [7, 11) is 0. The van der Waals surface area contributed by atoms with Gasteiger partial charge in [-0.25, -0.2) is 0 Å². The van der Waals surface area contributed by atoms with Gasteiger partial charge in [-0.15, -0.1) is 0 Å². The Hall–Kier alpha value is -2.63. The second kappa shape index (κ2) is 36.0. The van der Waals surface area contributed by atoms with Crippen molar-refractivity contribution in [1.82, 2.24) is 0 Å². The molecular weight excluding hydrogens is 684 g/mol. The number of carbonyl (C=O) groups is 1. The van der Waals surface area contributed by atoms with Gasteiger partial charge >= 0.3 is 5.97 Å². The van der Waals surface area contributed by atoms with Crippen molar-refractivity contribution in [2.45, 2.75) is 166 Å². The third-order valence-corrected chi connectivity index (χ3v) is 8.83. The molecule has 9 heteroatoms. The highest BCUT2D eigenvalue weighted by Crippen LogP contribution is 2.22. The first-order chi connectivity index (χ1) is 26.4. The van der Waals surface area contributed by atoms with Gasteiger partial charge < -0.3 is 39.4 Å². The van der Waals surface area contributed by atoms with Crippen LogP contribution in [0.15, 0.2) is 85.1 Å². The van der Waals surface area contributed by atoms with E-state index in [1.165, 1.54) is 19.3 Å². The van der Waals surface area contributed by atoms with Crippen LogP contribution in [0.1, 0.15) is 129 Å². The molecule has 0 saturated carbocycles. The predicted octanol–water partition coefficient (Wildman–Crippen LogP) is 8.69. The van der Waals surface area contributed by atoms with E-state index in [-0.39, 0.29) is 25.6 Å². The zero-order valence-electron chi connectivity index (χ0n) is 33.4. The summed E-state index contributed by atoms with van der Waals surface area (Å²) in [5, 5.41) is 39.9. The summed E-state index contributed by atoms with van der Waals surface area (Å²) in [6.45, 7) is 4.31. The van der Waals surface area contributed by atoms with E-state index in [2.05, 4.69) is 98.9 Å². The zero-order chi connectivity index (χ0) is 39.3. The standard InChI is InChI=1S/C45H74O9/c1-3-5-7-9-11-12-13-14-15-16-17-18-19-20-21-22-23-24-25-26-27-28-29-30-32-34-41(47)53-39(37-51-35-33-31-10-8-6-4-2)38-52-45-44(50)43(49)42(48)40(36-46)54-45/h5,7,11-12,14-15,17-18,20-21,23-24,26-27,39-40,42-46,48-50H,3-4,6,8-10,13,16,19,22,25,28-38H2,1-2H3/b7-5-,12-11-,15-14-,18-17-,21-20-,24-23-,27-26-. The smallest absolute Gasteiger partial charge is 0.306 e. The Bertz CT molecular complexity index is 1090. The van der Waals surface area contributed by atoms with Gasteiger partial charge in [-0.05, 0) is 70.6 Å². The Morgan fingerprint density at radius 2 is 1.13 bits per heavy atom. The quantitative estimate of drug-likeness (QED) is 0.0295. The highest BCUT2D eigenvalue weighted by Gasteiger charge is 2.44. The van der Waals surface area contributed by atoms with Crippen LogP contribution in [-0.4, -0.2) is 89.6 Å². The van der Waals surface area contributed by atoms with Crippen molar-refractivity contribution >= 4 is 5.97 Å². The summed E-state index contributed by atoms with van der Waals surface area (Å²) >= 11 is 0. The summed E-state index contributed by atoms with van der Waals surface area (Å²) in [5.41, 5.74) is 0. The zero-order valence-corrected chi connectivity index (χ0v) is 33.4. The van der Waals surface area contributed by atoms with E-state index in [0.29, 0.717) is 13.0 Å². The number of hydrogen-bond donors (Lipinski definition) is 4. The Labute approximate surface area is 327 Å². The van der Waals surface area contributed by atoms with E-state index in [1.54, 1.807) is 0 Å². The van der Waals surface area contributed by atoms with Crippen LogP contribution in [0.5, 0.6) is 0 Å². The fourth-order valence-electron chi connectivity index (χ4n) is 5.59. The maximum Gasteiger partial charge on any atom is 0.306 e. The number of hydrogen-bond acceptors (Lipinski definition) is 9. The molecule has 1 fully saturated rings. The van der Waals surface area contributed by atoms with Gasteiger partial charge in [0.15, 0.2) is 6.29 Å². The van der Waals surface area contributed by atoms with Crippen LogP contribution >= 0.6 is 0 Å². The molecule has 6 atom stereocenters. The molecule has 0 aliphatic carbocycles. The largest absolute Gasteiger partial charge is 0.457 e. The lowest BCUT2D eigenvalue weighted by Gasteiger charge is -2.39. The first-order valence-electron chi connectivity index (χ1n) is 20.7. The van der Waals surface area contributed by atoms with Crippen LogP contribution in [0, 0.1) is 0 Å². The molecule has 54 heavy (non-hydrogen) atoms. The van der Waals surface area contributed by atoms with Crippen LogP contribution in [-0.2, 0) is 23.7 Å². The topological polar surface area (TPSA) is 135 Å². The van der Waals surface area contributed by atoms with Crippen molar-refractivity contribution in [1.29, 1.82) is 0 Å². The molecule has 308 valence electrons. The normalized spacial score (nSPS) is 21.8. The van der Waals surface area contributed by atoms with Gasteiger partial charge in [0.1, 0.15) is 30.5 Å². The van der Waals surface area contributed by atoms with Crippen molar-refractivity contribution in [2.24, 2.45) is 0 Å². The Kier molecular flexibility index (Phi) is 33.0. The molecule has 9 nitrogen and oxygen atoms in total. The third kappa shape index (κ3) is 27.0. The van der Waals surface area contributed by atoms with E-state index in [1.807, 2.05) is 0 Å². The number of aliphatic hydroxyl groups is 4. The number of unbranched alkanes of at least 4 members (excludes halogenated alkanes) is 8. The van der Waals surface area contributed by atoms with Crippen LogP contribution in [0.4, 0.5) is 0 Å². The van der Waals surface area contributed by atoms with E-state index in [4.69, 9.17) is 18.9 Å². The van der Waals surface area contributed by atoms with Crippen molar-refractivity contribution in [3.8, 4) is 0 Å². The maximum atomic E-state index is 12.7. The first kappa shape index (κ1) is 49.4. The minimum atomic E-state index is -1.54. The van der Waals surface area contributed by atoms with E-state index >= 15 is 0 Å². The van der Waals surface area contributed by atoms with Gasteiger partial charge in [0, 0.05) is 13.0 Å². The summed E-state index contributed by atoms with van der Waals surface area (Å²) in [5.74, 6) is -0.353. The number of esters is 1. The van der Waals surface area contributed by atoms with Crippen molar-refractivity contribution in [2.75, 3.05) is 26.4 Å². The summed E-state index contributed by atoms with van der Waals surface area (Å²) in [4.78, 5) is 12.7. The minimum Gasteiger partial charge on any atom is -0.457 e. The molecule has 1 heterocycles. The molecule has 0 aromatic rings. The lowest BCUT2D eigenvalue weighted by Crippen LogP contribution is -2.59. The van der Waals surface area contributed by atoms with Crippen molar-refractivity contribution < 1.29 is 44.2 Å². The molecule has 0 aromatic carbocycles. The molecule has 1 aliphatic rings. The highest BCUT2D eigenvalue weighted by atomic mass is 16.7. The minimum absolute atomic E-state index is 0.125. The molecule has 0 amide bonds. The van der Waals surface area contributed by atoms with Gasteiger partial charge in [0.05, 0.1) is 19.8 Å². The van der Waals surface area contributed by atoms with Crippen molar-refractivity contribution in [3.63, 3.8) is 0 Å². The summed E-state index contributed by atoms with van der Waals surface area (Å²) < 4.78 is 22.6. The molecule has 6 unspecified atom stereocenters. The predicted molar refractivity (Wildman–Crippen MR) is 219 cm³/mol. The van der Waals surface area contributed by atoms with E-state index < -0.39 is 43.4 Å². The molecule has 0 aromatic heterocycles.